The fraction of sp³-hybridized carbons (Fsp3) is 0.333. The van der Waals surface area contributed by atoms with Crippen LogP contribution in [0.3, 0.4) is 0 Å². The molecule has 0 spiro atoms. The number of benzene rings is 1. The zero-order chi connectivity index (χ0) is 13.8. The molecule has 3 nitrogen and oxygen atoms in total. The highest BCUT2D eigenvalue weighted by Gasteiger charge is 2.14. The zero-order valence-corrected chi connectivity index (χ0v) is 11.3. The Morgan fingerprint density at radius 3 is 2.74 bits per heavy atom. The first-order valence-electron chi connectivity index (χ1n) is 6.44. The zero-order valence-electron chi connectivity index (χ0n) is 11.3. The number of nitrogens with zero attached hydrogens (tertiary/aromatic N) is 1. The first-order valence-corrected chi connectivity index (χ1v) is 6.44. The van der Waals surface area contributed by atoms with Gasteiger partial charge in [-0.3, -0.25) is 0 Å². The van der Waals surface area contributed by atoms with Crippen molar-refractivity contribution in [3.63, 3.8) is 0 Å². The van der Waals surface area contributed by atoms with Crippen LogP contribution in [0, 0.1) is 5.82 Å². The Bertz CT molecular complexity index is 523. The predicted molar refractivity (Wildman–Crippen MR) is 74.4 cm³/mol. The summed E-state index contributed by atoms with van der Waals surface area (Å²) in [6.45, 7) is 5.36. The summed E-state index contributed by atoms with van der Waals surface area (Å²) in [5.41, 5.74) is 7.70. The van der Waals surface area contributed by atoms with Gasteiger partial charge in [-0.05, 0) is 49.7 Å². The van der Waals surface area contributed by atoms with Crippen LogP contribution in [0.15, 0.2) is 41.0 Å². The fourth-order valence-electron chi connectivity index (χ4n) is 2.14. The summed E-state index contributed by atoms with van der Waals surface area (Å²) in [6.07, 6.45) is 1.65. The van der Waals surface area contributed by atoms with E-state index in [-0.39, 0.29) is 11.9 Å². The van der Waals surface area contributed by atoms with Crippen molar-refractivity contribution in [1.29, 1.82) is 0 Å². The van der Waals surface area contributed by atoms with Gasteiger partial charge in [0, 0.05) is 18.3 Å². The van der Waals surface area contributed by atoms with Crippen LogP contribution in [0.25, 0.3) is 0 Å². The van der Waals surface area contributed by atoms with Crippen LogP contribution in [-0.2, 0) is 6.54 Å². The SMILES string of the molecule is CCN(Cc1ccco1)c1ccc(F)cc1[C@@H](C)N. The second kappa shape index (κ2) is 5.89. The van der Waals surface area contributed by atoms with E-state index in [0.717, 1.165) is 23.6 Å². The maximum absolute atomic E-state index is 13.4. The Balaban J connectivity index is 2.32. The number of anilines is 1. The van der Waals surface area contributed by atoms with Gasteiger partial charge >= 0.3 is 0 Å². The molecular formula is C15H19FN2O. The third-order valence-electron chi connectivity index (χ3n) is 3.13. The van der Waals surface area contributed by atoms with E-state index in [9.17, 15) is 4.39 Å². The molecule has 19 heavy (non-hydrogen) atoms. The van der Waals surface area contributed by atoms with Crippen molar-refractivity contribution in [2.24, 2.45) is 5.73 Å². The van der Waals surface area contributed by atoms with Crippen LogP contribution in [0.1, 0.15) is 31.2 Å². The summed E-state index contributed by atoms with van der Waals surface area (Å²) in [5.74, 6) is 0.618. The number of hydrogen-bond donors (Lipinski definition) is 1. The molecular weight excluding hydrogens is 243 g/mol. The normalized spacial score (nSPS) is 12.4. The number of rotatable bonds is 5. The topological polar surface area (TPSA) is 42.4 Å². The van der Waals surface area contributed by atoms with E-state index < -0.39 is 0 Å². The second-order valence-electron chi connectivity index (χ2n) is 4.59. The Morgan fingerprint density at radius 2 is 2.16 bits per heavy atom. The van der Waals surface area contributed by atoms with Crippen LogP contribution in [-0.4, -0.2) is 6.54 Å². The molecule has 0 radical (unpaired) electrons. The monoisotopic (exact) mass is 262 g/mol. The van der Waals surface area contributed by atoms with Crippen LogP contribution in [0.2, 0.25) is 0 Å². The molecule has 4 heteroatoms. The average molecular weight is 262 g/mol. The molecule has 2 aromatic rings. The van der Waals surface area contributed by atoms with Crippen molar-refractivity contribution in [3.8, 4) is 0 Å². The van der Waals surface area contributed by atoms with E-state index in [4.69, 9.17) is 10.2 Å². The molecule has 1 heterocycles. The highest BCUT2D eigenvalue weighted by atomic mass is 19.1. The van der Waals surface area contributed by atoms with Crippen LogP contribution in [0.5, 0.6) is 0 Å². The number of nitrogens with two attached hydrogens (primary N) is 1. The molecule has 0 aliphatic carbocycles. The van der Waals surface area contributed by atoms with E-state index in [1.165, 1.54) is 12.1 Å². The molecule has 0 saturated carbocycles. The van der Waals surface area contributed by atoms with E-state index in [2.05, 4.69) is 11.8 Å². The lowest BCUT2D eigenvalue weighted by Crippen LogP contribution is -2.24. The van der Waals surface area contributed by atoms with Crippen molar-refractivity contribution in [1.82, 2.24) is 0 Å². The minimum absolute atomic E-state index is 0.212. The summed E-state index contributed by atoms with van der Waals surface area (Å²) in [5, 5.41) is 0. The summed E-state index contributed by atoms with van der Waals surface area (Å²) < 4.78 is 18.7. The lowest BCUT2D eigenvalue weighted by molar-refractivity contribution is 0.503. The first-order chi connectivity index (χ1) is 9.11. The van der Waals surface area contributed by atoms with Crippen molar-refractivity contribution >= 4 is 5.69 Å². The van der Waals surface area contributed by atoms with Gasteiger partial charge in [0.05, 0.1) is 12.8 Å². The molecule has 0 bridgehead atoms. The van der Waals surface area contributed by atoms with Crippen molar-refractivity contribution < 1.29 is 8.81 Å². The molecule has 1 atom stereocenters. The van der Waals surface area contributed by atoms with Gasteiger partial charge in [-0.25, -0.2) is 4.39 Å². The average Bonchev–Trinajstić information content (AvgIpc) is 2.89. The standard InChI is InChI=1S/C15H19FN2O/c1-3-18(10-13-5-4-8-19-13)15-7-6-12(16)9-14(15)11(2)17/h4-9,11H,3,10,17H2,1-2H3/t11-/m1/s1. The third kappa shape index (κ3) is 3.15. The van der Waals surface area contributed by atoms with Gasteiger partial charge in [-0.1, -0.05) is 0 Å². The van der Waals surface area contributed by atoms with Gasteiger partial charge in [0.1, 0.15) is 11.6 Å². The molecule has 0 fully saturated rings. The van der Waals surface area contributed by atoms with Gasteiger partial charge in [-0.2, -0.15) is 0 Å². The summed E-state index contributed by atoms with van der Waals surface area (Å²) >= 11 is 0. The Morgan fingerprint density at radius 1 is 1.37 bits per heavy atom. The number of halogens is 1. The van der Waals surface area contributed by atoms with Gasteiger partial charge in [-0.15, -0.1) is 0 Å². The summed E-state index contributed by atoms with van der Waals surface area (Å²) in [4.78, 5) is 2.12. The predicted octanol–water partition coefficient (Wildman–Crippen LogP) is 3.46. The fourth-order valence-corrected chi connectivity index (χ4v) is 2.14. The maximum atomic E-state index is 13.4. The van der Waals surface area contributed by atoms with E-state index in [0.29, 0.717) is 6.54 Å². The molecule has 0 aliphatic rings. The van der Waals surface area contributed by atoms with Crippen LogP contribution >= 0.6 is 0 Å². The van der Waals surface area contributed by atoms with E-state index in [1.807, 2.05) is 19.1 Å². The van der Waals surface area contributed by atoms with Crippen LogP contribution < -0.4 is 10.6 Å². The maximum Gasteiger partial charge on any atom is 0.123 e. The molecule has 2 rings (SSSR count). The molecule has 2 N–H and O–H groups in total. The lowest BCUT2D eigenvalue weighted by Gasteiger charge is -2.26. The van der Waals surface area contributed by atoms with Crippen LogP contribution in [0.4, 0.5) is 10.1 Å². The minimum Gasteiger partial charge on any atom is -0.467 e. The van der Waals surface area contributed by atoms with E-state index in [1.54, 1.807) is 12.3 Å². The highest BCUT2D eigenvalue weighted by Crippen LogP contribution is 2.27. The lowest BCUT2D eigenvalue weighted by atomic mass is 10.1. The third-order valence-corrected chi connectivity index (χ3v) is 3.13. The van der Waals surface area contributed by atoms with Gasteiger partial charge in [0.2, 0.25) is 0 Å². The smallest absolute Gasteiger partial charge is 0.123 e. The first kappa shape index (κ1) is 13.6. The Hall–Kier alpha value is -1.81. The second-order valence-corrected chi connectivity index (χ2v) is 4.59. The van der Waals surface area contributed by atoms with E-state index >= 15 is 0 Å². The Kier molecular flexibility index (Phi) is 4.22. The molecule has 1 aromatic carbocycles. The number of hydrogen-bond acceptors (Lipinski definition) is 3. The molecule has 102 valence electrons. The van der Waals surface area contributed by atoms with Gasteiger partial charge < -0.3 is 15.1 Å². The highest BCUT2D eigenvalue weighted by molar-refractivity contribution is 5.55. The quantitative estimate of drug-likeness (QED) is 0.897. The minimum atomic E-state index is -0.259. The summed E-state index contributed by atoms with van der Waals surface area (Å²) in [6, 6.07) is 8.33. The van der Waals surface area contributed by atoms with Crippen molar-refractivity contribution in [3.05, 3.63) is 53.7 Å². The Labute approximate surface area is 112 Å². The molecule has 1 aromatic heterocycles. The molecule has 0 saturated heterocycles. The molecule has 0 aliphatic heterocycles. The van der Waals surface area contributed by atoms with Gasteiger partial charge in [0.15, 0.2) is 0 Å². The number of furan rings is 1. The molecule has 0 amide bonds. The van der Waals surface area contributed by atoms with Gasteiger partial charge in [0.25, 0.3) is 0 Å². The summed E-state index contributed by atoms with van der Waals surface area (Å²) in [7, 11) is 0. The molecule has 0 unspecified atom stereocenters. The van der Waals surface area contributed by atoms with Crippen molar-refractivity contribution in [2.75, 3.05) is 11.4 Å². The largest absolute Gasteiger partial charge is 0.467 e. The van der Waals surface area contributed by atoms with Crippen molar-refractivity contribution in [2.45, 2.75) is 26.4 Å².